The molecule has 3 heterocycles. The van der Waals surface area contributed by atoms with Crippen molar-refractivity contribution in [3.63, 3.8) is 0 Å². The maximum atomic E-state index is 13.5. The number of amides is 1. The molecule has 0 unspecified atom stereocenters. The topological polar surface area (TPSA) is 82.9 Å². The minimum Gasteiger partial charge on any atom is -0.449 e. The Labute approximate surface area is 191 Å². The number of carbonyl (C=O) groups excluding carboxylic acids is 1. The molecule has 2 aliphatic heterocycles. The summed E-state index contributed by atoms with van der Waals surface area (Å²) in [5.74, 6) is 0.117. The smallest absolute Gasteiger partial charge is 0.289 e. The normalized spacial score (nSPS) is 20.4. The van der Waals surface area contributed by atoms with Crippen LogP contribution >= 0.6 is 0 Å². The Balaban J connectivity index is 1.71. The van der Waals surface area contributed by atoms with Gasteiger partial charge in [0.2, 0.25) is 10.0 Å². The van der Waals surface area contributed by atoms with Gasteiger partial charge in [0, 0.05) is 36.6 Å². The van der Waals surface area contributed by atoms with E-state index in [2.05, 4.69) is 16.5 Å². The predicted molar refractivity (Wildman–Crippen MR) is 126 cm³/mol. The summed E-state index contributed by atoms with van der Waals surface area (Å²) in [4.78, 5) is 17.4. The van der Waals surface area contributed by atoms with Gasteiger partial charge in [0.25, 0.3) is 5.91 Å². The third kappa shape index (κ3) is 4.20. The van der Waals surface area contributed by atoms with Crippen LogP contribution in [0.25, 0.3) is 11.0 Å². The standard InChI is InChI=1S/C24H35N3O4S/c1-5-26-13-9-10-19(26)15-25-32(29,30)23-17(3)16(2)14-20-18(4)21(31-22(20)23)24(28)27-11-7-6-8-12-27/h14,19,25H,5-13,15H2,1-4H3/t19-/m1/s1. The number of nitrogens with zero attached hydrogens (tertiary/aromatic N) is 2. The SMILES string of the molecule is CCN1CCC[C@@H]1CNS(=O)(=O)c1c(C)c(C)cc2c(C)c(C(=O)N3CCCCC3)oc12. The molecular weight excluding hydrogens is 426 g/mol. The number of carbonyl (C=O) groups is 1. The minimum atomic E-state index is -3.81. The summed E-state index contributed by atoms with van der Waals surface area (Å²) in [5.41, 5.74) is 2.53. The molecular formula is C24H35N3O4S. The zero-order chi connectivity index (χ0) is 23.0. The summed E-state index contributed by atoms with van der Waals surface area (Å²) < 4.78 is 35.9. The zero-order valence-corrected chi connectivity index (χ0v) is 20.5. The molecule has 1 N–H and O–H groups in total. The van der Waals surface area contributed by atoms with E-state index in [1.54, 1.807) is 6.92 Å². The fourth-order valence-electron chi connectivity index (χ4n) is 5.13. The third-order valence-corrected chi connectivity index (χ3v) is 8.79. The van der Waals surface area contributed by atoms with Crippen LogP contribution in [0.1, 0.15) is 66.3 Å². The number of sulfonamides is 1. The van der Waals surface area contributed by atoms with Gasteiger partial charge in [0.1, 0.15) is 4.90 Å². The van der Waals surface area contributed by atoms with E-state index in [0.29, 0.717) is 23.1 Å². The molecule has 176 valence electrons. The first-order valence-electron chi connectivity index (χ1n) is 11.8. The van der Waals surface area contributed by atoms with Crippen molar-refractivity contribution >= 4 is 26.9 Å². The van der Waals surface area contributed by atoms with Gasteiger partial charge in [-0.05, 0) is 83.2 Å². The lowest BCUT2D eigenvalue weighted by atomic mass is 10.0. The number of aryl methyl sites for hydroxylation is 2. The molecule has 1 aromatic carbocycles. The molecule has 7 nitrogen and oxygen atoms in total. The zero-order valence-electron chi connectivity index (χ0n) is 19.7. The van der Waals surface area contributed by atoms with Crippen LogP contribution in [0.15, 0.2) is 15.4 Å². The van der Waals surface area contributed by atoms with Gasteiger partial charge in [-0.1, -0.05) is 6.92 Å². The first kappa shape index (κ1) is 23.3. The second kappa shape index (κ2) is 9.15. The van der Waals surface area contributed by atoms with Gasteiger partial charge in [-0.3, -0.25) is 9.69 Å². The lowest BCUT2D eigenvalue weighted by molar-refractivity contribution is 0.0693. The van der Waals surface area contributed by atoms with E-state index in [9.17, 15) is 13.2 Å². The van der Waals surface area contributed by atoms with Crippen LogP contribution in [0.2, 0.25) is 0 Å². The summed E-state index contributed by atoms with van der Waals surface area (Å²) >= 11 is 0. The van der Waals surface area contributed by atoms with Crippen LogP contribution in [-0.4, -0.2) is 62.9 Å². The number of hydrogen-bond donors (Lipinski definition) is 1. The van der Waals surface area contributed by atoms with Crippen LogP contribution in [0, 0.1) is 20.8 Å². The van der Waals surface area contributed by atoms with E-state index in [-0.39, 0.29) is 28.2 Å². The van der Waals surface area contributed by atoms with Crippen LogP contribution < -0.4 is 4.72 Å². The summed E-state index contributed by atoms with van der Waals surface area (Å²) in [5, 5.41) is 0.699. The maximum absolute atomic E-state index is 13.5. The lowest BCUT2D eigenvalue weighted by Crippen LogP contribution is -2.40. The van der Waals surface area contributed by atoms with Gasteiger partial charge in [0.05, 0.1) is 0 Å². The molecule has 0 aliphatic carbocycles. The van der Waals surface area contributed by atoms with Crippen molar-refractivity contribution in [3.05, 3.63) is 28.5 Å². The molecule has 2 saturated heterocycles. The number of likely N-dealkylation sites (tertiary alicyclic amines) is 2. The third-order valence-electron chi connectivity index (χ3n) is 7.21. The highest BCUT2D eigenvalue weighted by Crippen LogP contribution is 2.35. The summed E-state index contributed by atoms with van der Waals surface area (Å²) in [6, 6.07) is 2.15. The van der Waals surface area contributed by atoms with Gasteiger partial charge in [-0.25, -0.2) is 13.1 Å². The lowest BCUT2D eigenvalue weighted by Gasteiger charge is -2.25. The molecule has 4 rings (SSSR count). The maximum Gasteiger partial charge on any atom is 0.289 e. The fraction of sp³-hybridized carbons (Fsp3) is 0.625. The number of piperidine rings is 1. The molecule has 0 bridgehead atoms. The second-order valence-electron chi connectivity index (χ2n) is 9.21. The highest BCUT2D eigenvalue weighted by atomic mass is 32.2. The Hall–Kier alpha value is -1.90. The monoisotopic (exact) mass is 461 g/mol. The van der Waals surface area contributed by atoms with Crippen molar-refractivity contribution in [2.24, 2.45) is 0 Å². The second-order valence-corrected chi connectivity index (χ2v) is 10.9. The number of rotatable bonds is 6. The molecule has 32 heavy (non-hydrogen) atoms. The van der Waals surface area contributed by atoms with E-state index in [1.165, 1.54) is 0 Å². The van der Waals surface area contributed by atoms with E-state index in [0.717, 1.165) is 63.8 Å². The molecule has 1 atom stereocenters. The summed E-state index contributed by atoms with van der Waals surface area (Å²) in [6.07, 6.45) is 5.19. The average molecular weight is 462 g/mol. The van der Waals surface area contributed by atoms with E-state index < -0.39 is 10.0 Å². The Morgan fingerprint density at radius 1 is 1.09 bits per heavy atom. The molecule has 2 aromatic rings. The van der Waals surface area contributed by atoms with Crippen LogP contribution in [0.3, 0.4) is 0 Å². The Morgan fingerprint density at radius 3 is 2.50 bits per heavy atom. The van der Waals surface area contributed by atoms with Crippen molar-refractivity contribution in [2.75, 3.05) is 32.7 Å². The van der Waals surface area contributed by atoms with Gasteiger partial charge in [-0.15, -0.1) is 0 Å². The highest BCUT2D eigenvalue weighted by Gasteiger charge is 2.31. The first-order valence-corrected chi connectivity index (χ1v) is 13.3. The number of fused-ring (bicyclic) bond motifs is 1. The summed E-state index contributed by atoms with van der Waals surface area (Å²) in [6.45, 7) is 11.4. The molecule has 2 aliphatic rings. The highest BCUT2D eigenvalue weighted by molar-refractivity contribution is 7.89. The van der Waals surface area contributed by atoms with Crippen LogP contribution in [0.5, 0.6) is 0 Å². The van der Waals surface area contributed by atoms with E-state index >= 15 is 0 Å². The van der Waals surface area contributed by atoms with Crippen molar-refractivity contribution in [3.8, 4) is 0 Å². The number of furan rings is 1. The molecule has 0 saturated carbocycles. The van der Waals surface area contributed by atoms with Crippen molar-refractivity contribution in [1.29, 1.82) is 0 Å². The predicted octanol–water partition coefficient (Wildman–Crippen LogP) is 3.75. The fourth-order valence-corrected chi connectivity index (χ4v) is 6.65. The molecule has 0 spiro atoms. The van der Waals surface area contributed by atoms with E-state index in [4.69, 9.17) is 4.42 Å². The number of nitrogens with one attached hydrogen (secondary N) is 1. The van der Waals surface area contributed by atoms with Crippen LogP contribution in [0.4, 0.5) is 0 Å². The quantitative estimate of drug-likeness (QED) is 0.708. The Morgan fingerprint density at radius 2 is 1.81 bits per heavy atom. The largest absolute Gasteiger partial charge is 0.449 e. The Bertz CT molecular complexity index is 1120. The molecule has 0 radical (unpaired) electrons. The molecule has 2 fully saturated rings. The minimum absolute atomic E-state index is 0.144. The van der Waals surface area contributed by atoms with Crippen molar-refractivity contribution in [2.45, 2.75) is 70.7 Å². The number of hydrogen-bond acceptors (Lipinski definition) is 5. The average Bonchev–Trinajstić information content (AvgIpc) is 3.37. The van der Waals surface area contributed by atoms with Crippen molar-refractivity contribution < 1.29 is 17.6 Å². The van der Waals surface area contributed by atoms with Gasteiger partial charge < -0.3 is 9.32 Å². The molecule has 1 amide bonds. The van der Waals surface area contributed by atoms with Crippen LogP contribution in [-0.2, 0) is 10.0 Å². The van der Waals surface area contributed by atoms with Gasteiger partial charge >= 0.3 is 0 Å². The first-order chi connectivity index (χ1) is 15.2. The number of likely N-dealkylation sites (N-methyl/N-ethyl adjacent to an activating group) is 1. The molecule has 1 aromatic heterocycles. The van der Waals surface area contributed by atoms with Gasteiger partial charge in [-0.2, -0.15) is 0 Å². The van der Waals surface area contributed by atoms with Crippen molar-refractivity contribution in [1.82, 2.24) is 14.5 Å². The molecule has 8 heteroatoms. The van der Waals surface area contributed by atoms with Gasteiger partial charge in [0.15, 0.2) is 11.3 Å². The van der Waals surface area contributed by atoms with E-state index in [1.807, 2.05) is 24.8 Å². The Kier molecular flexibility index (Phi) is 6.66. The number of benzene rings is 1. The summed E-state index contributed by atoms with van der Waals surface area (Å²) in [7, 11) is -3.81.